The lowest BCUT2D eigenvalue weighted by molar-refractivity contribution is -0.114. The number of amides is 2. The number of carbonyl (C=O) groups is 2. The first-order valence-electron chi connectivity index (χ1n) is 7.99. The number of methoxy groups -OCH3 is 1. The van der Waals surface area contributed by atoms with Crippen LogP contribution in [0.2, 0.25) is 0 Å². The molecular formula is C18H21N3O5S. The molecule has 27 heavy (non-hydrogen) atoms. The Bertz CT molecular complexity index is 986. The molecule has 2 aromatic carbocycles. The standard InChI is InChI=1S/C18H21N3O5S/c1-11-5-7-15(12(2)9-11)18(23)20-21-27(24,25)14-6-8-17(26-4)16(10-14)19-13(3)22/h5-10,21H,1-4H3,(H,19,22)(H,20,23). The second-order valence-electron chi connectivity index (χ2n) is 5.92. The van der Waals surface area contributed by atoms with Crippen LogP contribution in [-0.2, 0) is 14.8 Å². The quantitative estimate of drug-likeness (QED) is 0.651. The van der Waals surface area contributed by atoms with Crippen LogP contribution in [0.15, 0.2) is 41.3 Å². The molecule has 0 unspecified atom stereocenters. The van der Waals surface area contributed by atoms with Crippen LogP contribution in [-0.4, -0.2) is 27.3 Å². The molecule has 0 fully saturated rings. The number of hydrogen-bond acceptors (Lipinski definition) is 5. The summed E-state index contributed by atoms with van der Waals surface area (Å²) in [5.41, 5.74) is 4.47. The summed E-state index contributed by atoms with van der Waals surface area (Å²) in [6.07, 6.45) is 0. The Balaban J connectivity index is 2.21. The number of nitrogens with one attached hydrogen (secondary N) is 3. The van der Waals surface area contributed by atoms with Crippen LogP contribution in [0.1, 0.15) is 28.4 Å². The third kappa shape index (κ3) is 5.05. The monoisotopic (exact) mass is 391 g/mol. The van der Waals surface area contributed by atoms with Gasteiger partial charge in [-0.15, -0.1) is 4.83 Å². The Morgan fingerprint density at radius 1 is 1.04 bits per heavy atom. The Hall–Kier alpha value is -2.91. The van der Waals surface area contributed by atoms with Crippen LogP contribution in [0.25, 0.3) is 0 Å². The van der Waals surface area contributed by atoms with E-state index in [-0.39, 0.29) is 16.5 Å². The van der Waals surface area contributed by atoms with Gasteiger partial charge >= 0.3 is 0 Å². The van der Waals surface area contributed by atoms with Crippen LogP contribution in [0.4, 0.5) is 5.69 Å². The summed E-state index contributed by atoms with van der Waals surface area (Å²) >= 11 is 0. The van der Waals surface area contributed by atoms with Gasteiger partial charge in [-0.2, -0.15) is 0 Å². The lowest BCUT2D eigenvalue weighted by Crippen LogP contribution is -2.41. The van der Waals surface area contributed by atoms with Crippen molar-refractivity contribution in [3.05, 3.63) is 53.1 Å². The Kier molecular flexibility index (Phi) is 6.19. The van der Waals surface area contributed by atoms with Gasteiger partial charge in [0, 0.05) is 12.5 Å². The maximum Gasteiger partial charge on any atom is 0.266 e. The summed E-state index contributed by atoms with van der Waals surface area (Å²) in [5.74, 6) is -0.644. The van der Waals surface area contributed by atoms with Crippen LogP contribution >= 0.6 is 0 Å². The van der Waals surface area contributed by atoms with Gasteiger partial charge in [-0.25, -0.2) is 8.42 Å². The molecule has 9 heteroatoms. The van der Waals surface area contributed by atoms with Crippen molar-refractivity contribution >= 4 is 27.5 Å². The highest BCUT2D eigenvalue weighted by atomic mass is 32.2. The molecule has 0 aromatic heterocycles. The average molecular weight is 391 g/mol. The van der Waals surface area contributed by atoms with Gasteiger partial charge in [0.25, 0.3) is 15.9 Å². The van der Waals surface area contributed by atoms with Crippen LogP contribution in [0.3, 0.4) is 0 Å². The van der Waals surface area contributed by atoms with Crippen molar-refractivity contribution in [2.24, 2.45) is 0 Å². The zero-order valence-corrected chi connectivity index (χ0v) is 16.2. The maximum atomic E-state index is 12.5. The van der Waals surface area contributed by atoms with Crippen molar-refractivity contribution < 1.29 is 22.7 Å². The average Bonchev–Trinajstić information content (AvgIpc) is 2.59. The minimum Gasteiger partial charge on any atom is -0.495 e. The van der Waals surface area contributed by atoms with Crippen molar-refractivity contribution in [2.45, 2.75) is 25.7 Å². The first-order chi connectivity index (χ1) is 12.6. The van der Waals surface area contributed by atoms with Gasteiger partial charge < -0.3 is 10.1 Å². The van der Waals surface area contributed by atoms with E-state index in [1.54, 1.807) is 19.1 Å². The molecule has 0 heterocycles. The first-order valence-corrected chi connectivity index (χ1v) is 9.47. The topological polar surface area (TPSA) is 114 Å². The molecule has 144 valence electrons. The largest absolute Gasteiger partial charge is 0.495 e. The van der Waals surface area contributed by atoms with Crippen molar-refractivity contribution in [3.8, 4) is 5.75 Å². The smallest absolute Gasteiger partial charge is 0.266 e. The highest BCUT2D eigenvalue weighted by Crippen LogP contribution is 2.27. The number of aryl methyl sites for hydroxylation is 2. The van der Waals surface area contributed by atoms with Gasteiger partial charge in [0.1, 0.15) is 5.75 Å². The zero-order chi connectivity index (χ0) is 20.2. The molecule has 0 aliphatic rings. The molecular weight excluding hydrogens is 370 g/mol. The van der Waals surface area contributed by atoms with Crippen LogP contribution < -0.4 is 20.3 Å². The molecule has 0 bridgehead atoms. The van der Waals surface area contributed by atoms with E-state index in [4.69, 9.17) is 4.74 Å². The third-order valence-electron chi connectivity index (χ3n) is 3.72. The summed E-state index contributed by atoms with van der Waals surface area (Å²) in [6.45, 7) is 4.95. The zero-order valence-electron chi connectivity index (χ0n) is 15.4. The maximum absolute atomic E-state index is 12.5. The fraction of sp³-hybridized carbons (Fsp3) is 0.222. The van der Waals surface area contributed by atoms with Gasteiger partial charge in [-0.05, 0) is 43.7 Å². The van der Waals surface area contributed by atoms with Crippen molar-refractivity contribution in [1.29, 1.82) is 0 Å². The van der Waals surface area contributed by atoms with E-state index in [2.05, 4.69) is 15.6 Å². The fourth-order valence-electron chi connectivity index (χ4n) is 2.45. The summed E-state index contributed by atoms with van der Waals surface area (Å²) in [5, 5.41) is 2.50. The fourth-order valence-corrected chi connectivity index (χ4v) is 3.31. The van der Waals surface area contributed by atoms with E-state index in [9.17, 15) is 18.0 Å². The first kappa shape index (κ1) is 20.4. The molecule has 0 aliphatic carbocycles. The molecule has 2 aromatic rings. The normalized spacial score (nSPS) is 11.0. The predicted molar refractivity (Wildman–Crippen MR) is 101 cm³/mol. The van der Waals surface area contributed by atoms with Crippen molar-refractivity contribution in [2.75, 3.05) is 12.4 Å². The Morgan fingerprint density at radius 2 is 1.74 bits per heavy atom. The molecule has 0 radical (unpaired) electrons. The lowest BCUT2D eigenvalue weighted by Gasteiger charge is -2.13. The predicted octanol–water partition coefficient (Wildman–Crippen LogP) is 1.89. The molecule has 0 aliphatic heterocycles. The summed E-state index contributed by atoms with van der Waals surface area (Å²) < 4.78 is 30.0. The third-order valence-corrected chi connectivity index (χ3v) is 4.96. The lowest BCUT2D eigenvalue weighted by atomic mass is 10.1. The van der Waals surface area contributed by atoms with E-state index >= 15 is 0 Å². The van der Waals surface area contributed by atoms with E-state index in [0.717, 1.165) is 11.1 Å². The van der Waals surface area contributed by atoms with Crippen LogP contribution in [0, 0.1) is 13.8 Å². The highest BCUT2D eigenvalue weighted by Gasteiger charge is 2.19. The molecule has 0 atom stereocenters. The van der Waals surface area contributed by atoms with Gasteiger partial charge in [-0.3, -0.25) is 15.0 Å². The number of sulfonamides is 1. The SMILES string of the molecule is COc1ccc(S(=O)(=O)NNC(=O)c2ccc(C)cc2C)cc1NC(C)=O. The molecule has 2 amide bonds. The van der Waals surface area contributed by atoms with E-state index < -0.39 is 15.9 Å². The number of ether oxygens (including phenoxy) is 1. The summed E-state index contributed by atoms with van der Waals surface area (Å²) in [6, 6.07) is 9.16. The molecule has 2 rings (SSSR count). The molecule has 3 N–H and O–H groups in total. The number of hydrogen-bond donors (Lipinski definition) is 3. The number of carbonyl (C=O) groups excluding carboxylic acids is 2. The van der Waals surface area contributed by atoms with Crippen molar-refractivity contribution in [3.63, 3.8) is 0 Å². The van der Waals surface area contributed by atoms with Gasteiger partial charge in [0.15, 0.2) is 0 Å². The number of benzene rings is 2. The second-order valence-corrected chi connectivity index (χ2v) is 7.60. The van der Waals surface area contributed by atoms with Gasteiger partial charge in [0.05, 0.1) is 17.7 Å². The highest BCUT2D eigenvalue weighted by molar-refractivity contribution is 7.89. The molecule has 8 nitrogen and oxygen atoms in total. The minimum absolute atomic E-state index is 0.145. The summed E-state index contributed by atoms with van der Waals surface area (Å²) in [7, 11) is -2.66. The molecule has 0 saturated heterocycles. The summed E-state index contributed by atoms with van der Waals surface area (Å²) in [4.78, 5) is 25.4. The molecule has 0 spiro atoms. The number of rotatable bonds is 6. The minimum atomic E-state index is -4.06. The number of hydrazine groups is 1. The van der Waals surface area contributed by atoms with Crippen LogP contribution in [0.5, 0.6) is 5.75 Å². The Labute approximate surface area is 157 Å². The number of anilines is 1. The van der Waals surface area contributed by atoms with E-state index in [1.165, 1.54) is 32.2 Å². The molecule has 0 saturated carbocycles. The van der Waals surface area contributed by atoms with Crippen molar-refractivity contribution in [1.82, 2.24) is 10.3 Å². The second kappa shape index (κ2) is 8.19. The van der Waals surface area contributed by atoms with E-state index in [1.807, 2.05) is 13.0 Å². The van der Waals surface area contributed by atoms with Gasteiger partial charge in [0.2, 0.25) is 5.91 Å². The van der Waals surface area contributed by atoms with E-state index in [0.29, 0.717) is 11.3 Å². The Morgan fingerprint density at radius 3 is 2.33 bits per heavy atom. The van der Waals surface area contributed by atoms with Gasteiger partial charge in [-0.1, -0.05) is 17.7 Å².